The minimum atomic E-state index is -4.36. The van der Waals surface area contributed by atoms with Crippen molar-refractivity contribution >= 4 is 22.6 Å². The lowest BCUT2D eigenvalue weighted by atomic mass is 10.1. The molecule has 6 nitrogen and oxygen atoms in total. The molecular formula is C29H32F3N3O3. The fraction of sp³-hybridized carbons (Fsp3) is 0.379. The van der Waals surface area contributed by atoms with E-state index in [4.69, 9.17) is 9.63 Å². The molecule has 9 heteroatoms. The summed E-state index contributed by atoms with van der Waals surface area (Å²) in [5, 5.41) is 14.2. The fourth-order valence-corrected chi connectivity index (χ4v) is 4.63. The minimum Gasteiger partial charge on any atom is -0.480 e. The summed E-state index contributed by atoms with van der Waals surface area (Å²) in [4.78, 5) is 12.6. The van der Waals surface area contributed by atoms with Gasteiger partial charge in [-0.1, -0.05) is 43.5 Å². The second-order valence-electron chi connectivity index (χ2n) is 9.61. The number of nitrogens with zero attached hydrogens (tertiary/aromatic N) is 3. The van der Waals surface area contributed by atoms with E-state index < -0.39 is 17.7 Å². The number of benzene rings is 2. The van der Waals surface area contributed by atoms with Crippen LogP contribution in [0.25, 0.3) is 22.1 Å². The number of alkyl halides is 3. The van der Waals surface area contributed by atoms with Crippen LogP contribution in [0.5, 0.6) is 0 Å². The molecule has 1 N–H and O–H groups in total. The summed E-state index contributed by atoms with van der Waals surface area (Å²) >= 11 is 0. The van der Waals surface area contributed by atoms with Crippen LogP contribution in [0.1, 0.15) is 49.6 Å². The lowest BCUT2D eigenvalue weighted by Crippen LogP contribution is -2.24. The molecular weight excluding hydrogens is 495 g/mol. The van der Waals surface area contributed by atoms with Crippen molar-refractivity contribution in [2.75, 3.05) is 18.5 Å². The van der Waals surface area contributed by atoms with Gasteiger partial charge in [-0.2, -0.15) is 13.2 Å². The first-order valence-corrected chi connectivity index (χ1v) is 12.8. The van der Waals surface area contributed by atoms with Crippen LogP contribution in [0.3, 0.4) is 0 Å². The number of carboxylic acid groups (broad SMARTS) is 1. The Morgan fingerprint density at radius 1 is 1.03 bits per heavy atom. The van der Waals surface area contributed by atoms with Crippen molar-refractivity contribution in [1.82, 2.24) is 9.72 Å². The molecule has 0 saturated heterocycles. The van der Waals surface area contributed by atoms with Gasteiger partial charge in [-0.05, 0) is 60.7 Å². The topological polar surface area (TPSA) is 71.5 Å². The van der Waals surface area contributed by atoms with Gasteiger partial charge in [0.15, 0.2) is 5.58 Å². The molecule has 202 valence electrons. The molecule has 0 amide bonds. The number of halogens is 3. The summed E-state index contributed by atoms with van der Waals surface area (Å²) in [6, 6.07) is 12.9. The third kappa shape index (κ3) is 6.57. The second-order valence-corrected chi connectivity index (χ2v) is 9.61. The molecule has 2 heterocycles. The van der Waals surface area contributed by atoms with E-state index in [2.05, 4.69) is 16.6 Å². The molecule has 0 aliphatic heterocycles. The molecule has 0 aliphatic rings. The van der Waals surface area contributed by atoms with Crippen LogP contribution < -0.4 is 4.90 Å². The molecule has 2 aromatic heterocycles. The number of aryl methyl sites for hydroxylation is 3. The highest BCUT2D eigenvalue weighted by Gasteiger charge is 2.30. The van der Waals surface area contributed by atoms with Crippen molar-refractivity contribution < 1.29 is 27.6 Å². The fourth-order valence-electron chi connectivity index (χ4n) is 4.63. The first-order valence-electron chi connectivity index (χ1n) is 12.8. The van der Waals surface area contributed by atoms with Crippen LogP contribution in [-0.4, -0.2) is 34.4 Å². The maximum Gasteiger partial charge on any atom is 0.416 e. The molecule has 4 rings (SSSR count). The van der Waals surface area contributed by atoms with Gasteiger partial charge in [0.05, 0.1) is 11.3 Å². The molecule has 0 bridgehead atoms. The summed E-state index contributed by atoms with van der Waals surface area (Å²) in [7, 11) is 1.70. The predicted octanol–water partition coefficient (Wildman–Crippen LogP) is 7.20. The quantitative estimate of drug-likeness (QED) is 0.197. The SMILES string of the molecule is CCCCCCn1cc(-c2ccc(C(F)(F)F)cc2)cc1CCc1noc2cc(N(C)CC(=O)O)ccc12. The average molecular weight is 528 g/mol. The second kappa shape index (κ2) is 11.8. The van der Waals surface area contributed by atoms with Crippen molar-refractivity contribution in [1.29, 1.82) is 0 Å². The Bertz CT molecular complexity index is 1370. The van der Waals surface area contributed by atoms with E-state index in [0.29, 0.717) is 18.4 Å². The summed E-state index contributed by atoms with van der Waals surface area (Å²) in [5.74, 6) is -0.917. The number of fused-ring (bicyclic) bond motifs is 1. The first-order chi connectivity index (χ1) is 18.2. The van der Waals surface area contributed by atoms with Gasteiger partial charge < -0.3 is 19.1 Å². The molecule has 0 radical (unpaired) electrons. The van der Waals surface area contributed by atoms with E-state index in [1.165, 1.54) is 12.1 Å². The van der Waals surface area contributed by atoms with Crippen LogP contribution in [0, 0.1) is 0 Å². The van der Waals surface area contributed by atoms with Gasteiger partial charge in [-0.3, -0.25) is 4.79 Å². The van der Waals surface area contributed by atoms with E-state index in [-0.39, 0.29) is 6.54 Å². The molecule has 0 unspecified atom stereocenters. The molecule has 0 fully saturated rings. The molecule has 0 saturated carbocycles. The molecule has 0 atom stereocenters. The molecule has 0 aliphatic carbocycles. The summed E-state index contributed by atoms with van der Waals surface area (Å²) < 4.78 is 46.8. The number of carboxylic acids is 1. The Morgan fingerprint density at radius 3 is 2.47 bits per heavy atom. The Kier molecular flexibility index (Phi) is 8.44. The van der Waals surface area contributed by atoms with Crippen molar-refractivity contribution in [2.24, 2.45) is 0 Å². The van der Waals surface area contributed by atoms with E-state index in [1.54, 1.807) is 18.0 Å². The molecule has 0 spiro atoms. The van der Waals surface area contributed by atoms with Crippen LogP contribution in [0.4, 0.5) is 18.9 Å². The van der Waals surface area contributed by atoms with Gasteiger partial charge in [-0.25, -0.2) is 0 Å². The smallest absolute Gasteiger partial charge is 0.416 e. The van der Waals surface area contributed by atoms with Crippen molar-refractivity contribution in [3.63, 3.8) is 0 Å². The van der Waals surface area contributed by atoms with Gasteiger partial charge in [0.2, 0.25) is 0 Å². The first kappa shape index (κ1) is 27.3. The molecule has 4 aromatic rings. The van der Waals surface area contributed by atoms with Gasteiger partial charge in [-0.15, -0.1) is 0 Å². The number of aliphatic carboxylic acids is 1. The Balaban J connectivity index is 1.53. The maximum atomic E-state index is 13.0. The third-order valence-electron chi connectivity index (χ3n) is 6.75. The van der Waals surface area contributed by atoms with E-state index >= 15 is 0 Å². The van der Waals surface area contributed by atoms with Gasteiger partial charge in [0.1, 0.15) is 6.54 Å². The standard InChI is InChI=1S/C29H32F3N3O3/c1-3-4-5-6-15-35-18-21(20-7-9-22(10-8-20)29(30,31)32)16-24(35)12-14-26-25-13-11-23(17-27(25)38-33-26)34(2)19-28(36)37/h7-11,13,16-18H,3-6,12,14-15,19H2,1-2H3,(H,36,37). The normalized spacial score (nSPS) is 11.8. The van der Waals surface area contributed by atoms with Crippen LogP contribution in [0.2, 0.25) is 0 Å². The zero-order chi connectivity index (χ0) is 27.3. The van der Waals surface area contributed by atoms with E-state index in [1.807, 2.05) is 24.4 Å². The maximum absolute atomic E-state index is 13.0. The largest absolute Gasteiger partial charge is 0.480 e. The van der Waals surface area contributed by atoms with Gasteiger partial charge in [0.25, 0.3) is 0 Å². The van der Waals surface area contributed by atoms with Crippen LogP contribution in [0.15, 0.2) is 59.3 Å². The Hall–Kier alpha value is -3.75. The average Bonchev–Trinajstić information content (AvgIpc) is 3.48. The predicted molar refractivity (Wildman–Crippen MR) is 141 cm³/mol. The van der Waals surface area contributed by atoms with E-state index in [9.17, 15) is 18.0 Å². The molecule has 2 aromatic carbocycles. The highest BCUT2D eigenvalue weighted by molar-refractivity contribution is 5.84. The number of carbonyl (C=O) groups is 1. The highest BCUT2D eigenvalue weighted by atomic mass is 19.4. The number of aromatic nitrogens is 2. The number of likely N-dealkylation sites (N-methyl/N-ethyl adjacent to an activating group) is 1. The van der Waals surface area contributed by atoms with Crippen LogP contribution >= 0.6 is 0 Å². The van der Waals surface area contributed by atoms with Crippen molar-refractivity contribution in [3.05, 3.63) is 71.7 Å². The number of hydrogen-bond donors (Lipinski definition) is 1. The number of hydrogen-bond acceptors (Lipinski definition) is 4. The Morgan fingerprint density at radius 2 is 1.79 bits per heavy atom. The zero-order valence-corrected chi connectivity index (χ0v) is 21.6. The molecule has 38 heavy (non-hydrogen) atoms. The zero-order valence-electron chi connectivity index (χ0n) is 21.6. The summed E-state index contributed by atoms with van der Waals surface area (Å²) in [6.45, 7) is 2.89. The van der Waals surface area contributed by atoms with Gasteiger partial charge in [0, 0.05) is 42.6 Å². The number of unbranched alkanes of at least 4 members (excludes halogenated alkanes) is 3. The summed E-state index contributed by atoms with van der Waals surface area (Å²) in [5.41, 5.74) is 4.19. The lowest BCUT2D eigenvalue weighted by Gasteiger charge is -2.16. The lowest BCUT2D eigenvalue weighted by molar-refractivity contribution is -0.137. The van der Waals surface area contributed by atoms with Crippen molar-refractivity contribution in [2.45, 2.75) is 58.2 Å². The minimum absolute atomic E-state index is 0.122. The third-order valence-corrected chi connectivity index (χ3v) is 6.75. The Labute approximate surface area is 219 Å². The highest BCUT2D eigenvalue weighted by Crippen LogP contribution is 2.32. The summed E-state index contributed by atoms with van der Waals surface area (Å²) in [6.07, 6.45) is 3.44. The van der Waals surface area contributed by atoms with Crippen LogP contribution in [-0.2, 0) is 30.4 Å². The number of anilines is 1. The van der Waals surface area contributed by atoms with E-state index in [0.717, 1.165) is 77.9 Å². The number of rotatable bonds is 12. The van der Waals surface area contributed by atoms with Crippen molar-refractivity contribution in [3.8, 4) is 11.1 Å². The monoisotopic (exact) mass is 527 g/mol. The van der Waals surface area contributed by atoms with Gasteiger partial charge >= 0.3 is 12.1 Å².